The van der Waals surface area contributed by atoms with E-state index in [-0.39, 0.29) is 22.1 Å². The standard InChI is InChI=1S/C13H11BrF2N2O2/c1-6-7(2)13(20)18(17-12(6)19)5-8-10(15)4-3-9(14)11(8)16/h3-4H,5H2,1-2H3,(H,17,19). The summed E-state index contributed by atoms with van der Waals surface area (Å²) < 4.78 is 28.5. The molecule has 4 nitrogen and oxygen atoms in total. The summed E-state index contributed by atoms with van der Waals surface area (Å²) in [6.45, 7) is 2.63. The van der Waals surface area contributed by atoms with E-state index < -0.39 is 22.8 Å². The lowest BCUT2D eigenvalue weighted by molar-refractivity contribution is 0.517. The smallest absolute Gasteiger partial charge is 0.268 e. The number of rotatable bonds is 2. The molecule has 0 bridgehead atoms. The second kappa shape index (κ2) is 5.32. The summed E-state index contributed by atoms with van der Waals surface area (Å²) in [6, 6.07) is 2.33. The lowest BCUT2D eigenvalue weighted by atomic mass is 10.2. The molecule has 106 valence electrons. The van der Waals surface area contributed by atoms with Crippen molar-refractivity contribution in [3.63, 3.8) is 0 Å². The molecule has 0 aliphatic rings. The second-order valence-corrected chi connectivity index (χ2v) is 5.26. The van der Waals surface area contributed by atoms with Crippen LogP contribution in [-0.2, 0) is 6.54 Å². The number of aromatic amines is 1. The fourth-order valence-electron chi connectivity index (χ4n) is 1.77. The fraction of sp³-hybridized carbons (Fsp3) is 0.231. The molecule has 2 rings (SSSR count). The first-order chi connectivity index (χ1) is 9.32. The molecule has 2 aromatic rings. The number of aromatic nitrogens is 2. The Kier molecular flexibility index (Phi) is 3.89. The van der Waals surface area contributed by atoms with Gasteiger partial charge in [-0.25, -0.2) is 13.5 Å². The fourth-order valence-corrected chi connectivity index (χ4v) is 2.15. The van der Waals surface area contributed by atoms with E-state index in [2.05, 4.69) is 21.0 Å². The first-order valence-electron chi connectivity index (χ1n) is 5.75. The highest BCUT2D eigenvalue weighted by Crippen LogP contribution is 2.21. The van der Waals surface area contributed by atoms with Crippen LogP contribution in [0.2, 0.25) is 0 Å². The van der Waals surface area contributed by atoms with E-state index in [9.17, 15) is 18.4 Å². The second-order valence-electron chi connectivity index (χ2n) is 4.40. The Labute approximate surface area is 121 Å². The van der Waals surface area contributed by atoms with Crippen LogP contribution in [0.3, 0.4) is 0 Å². The molecule has 20 heavy (non-hydrogen) atoms. The summed E-state index contributed by atoms with van der Waals surface area (Å²) in [5.41, 5.74) is -0.690. The van der Waals surface area contributed by atoms with Gasteiger partial charge in [0.15, 0.2) is 0 Å². The van der Waals surface area contributed by atoms with Gasteiger partial charge in [-0.3, -0.25) is 14.7 Å². The Hall–Kier alpha value is -1.76. The largest absolute Gasteiger partial charge is 0.268 e. The predicted octanol–water partition coefficient (Wildman–Crippen LogP) is 2.24. The third-order valence-corrected chi connectivity index (χ3v) is 3.77. The molecule has 0 radical (unpaired) electrons. The minimum absolute atomic E-state index is 0.0909. The monoisotopic (exact) mass is 344 g/mol. The molecular formula is C13H11BrF2N2O2. The first kappa shape index (κ1) is 14.6. The molecule has 0 saturated heterocycles. The molecule has 0 saturated carbocycles. The molecule has 0 amide bonds. The summed E-state index contributed by atoms with van der Waals surface area (Å²) in [7, 11) is 0. The average molecular weight is 345 g/mol. The lowest BCUT2D eigenvalue weighted by Crippen LogP contribution is -2.34. The van der Waals surface area contributed by atoms with E-state index >= 15 is 0 Å². The van der Waals surface area contributed by atoms with Crippen LogP contribution >= 0.6 is 15.9 Å². The first-order valence-corrected chi connectivity index (χ1v) is 6.55. The average Bonchev–Trinajstić information content (AvgIpc) is 2.42. The van der Waals surface area contributed by atoms with Gasteiger partial charge < -0.3 is 0 Å². The van der Waals surface area contributed by atoms with E-state index in [1.807, 2.05) is 0 Å². The molecule has 0 fully saturated rings. The van der Waals surface area contributed by atoms with Crippen LogP contribution in [-0.4, -0.2) is 9.78 Å². The third kappa shape index (κ3) is 2.45. The van der Waals surface area contributed by atoms with Crippen LogP contribution in [0, 0.1) is 25.5 Å². The minimum Gasteiger partial charge on any atom is -0.268 e. The summed E-state index contributed by atoms with van der Waals surface area (Å²) in [5, 5.41) is 2.31. The van der Waals surface area contributed by atoms with Gasteiger partial charge in [0, 0.05) is 16.7 Å². The van der Waals surface area contributed by atoms with E-state index in [4.69, 9.17) is 0 Å². The van der Waals surface area contributed by atoms with Crippen LogP contribution in [0.25, 0.3) is 0 Å². The Morgan fingerprint density at radius 2 is 1.85 bits per heavy atom. The number of nitrogens with zero attached hydrogens (tertiary/aromatic N) is 1. The van der Waals surface area contributed by atoms with Crippen molar-refractivity contribution in [2.45, 2.75) is 20.4 Å². The maximum atomic E-state index is 13.9. The van der Waals surface area contributed by atoms with Crippen molar-refractivity contribution in [2.75, 3.05) is 0 Å². The topological polar surface area (TPSA) is 54.9 Å². The van der Waals surface area contributed by atoms with Crippen molar-refractivity contribution in [1.82, 2.24) is 9.78 Å². The molecule has 0 unspecified atom stereocenters. The maximum Gasteiger partial charge on any atom is 0.268 e. The number of benzene rings is 1. The predicted molar refractivity (Wildman–Crippen MR) is 74.0 cm³/mol. The summed E-state index contributed by atoms with van der Waals surface area (Å²) >= 11 is 2.95. The molecule has 1 N–H and O–H groups in total. The molecule has 1 aromatic carbocycles. The number of hydrogen-bond donors (Lipinski definition) is 1. The number of halogens is 3. The molecule has 0 aliphatic carbocycles. The molecule has 7 heteroatoms. The Morgan fingerprint density at radius 3 is 2.50 bits per heavy atom. The molecule has 1 heterocycles. The summed E-state index contributed by atoms with van der Waals surface area (Å²) in [4.78, 5) is 23.6. The minimum atomic E-state index is -0.795. The number of nitrogens with one attached hydrogen (secondary N) is 1. The third-order valence-electron chi connectivity index (χ3n) is 3.16. The zero-order valence-corrected chi connectivity index (χ0v) is 12.3. The van der Waals surface area contributed by atoms with Gasteiger partial charge in [-0.05, 0) is 41.9 Å². The highest BCUT2D eigenvalue weighted by Gasteiger charge is 2.15. The van der Waals surface area contributed by atoms with Crippen LogP contribution in [0.5, 0.6) is 0 Å². The quantitative estimate of drug-likeness (QED) is 0.849. The molecule has 1 aromatic heterocycles. The van der Waals surface area contributed by atoms with Gasteiger partial charge in [0.2, 0.25) is 0 Å². The summed E-state index contributed by atoms with van der Waals surface area (Å²) in [5.74, 6) is -1.58. The van der Waals surface area contributed by atoms with Crippen molar-refractivity contribution in [3.8, 4) is 0 Å². The van der Waals surface area contributed by atoms with Crippen LogP contribution in [0.1, 0.15) is 16.7 Å². The highest BCUT2D eigenvalue weighted by atomic mass is 79.9. The van der Waals surface area contributed by atoms with Gasteiger partial charge in [-0.15, -0.1) is 0 Å². The van der Waals surface area contributed by atoms with Gasteiger partial charge in [0.1, 0.15) is 11.6 Å². The van der Waals surface area contributed by atoms with Gasteiger partial charge in [0.25, 0.3) is 11.1 Å². The Bertz CT molecular complexity index is 796. The zero-order chi connectivity index (χ0) is 15.0. The number of hydrogen-bond acceptors (Lipinski definition) is 2. The molecule has 0 aliphatic heterocycles. The van der Waals surface area contributed by atoms with Gasteiger partial charge in [-0.1, -0.05) is 0 Å². The molecular weight excluding hydrogens is 334 g/mol. The van der Waals surface area contributed by atoms with Gasteiger partial charge in [0.05, 0.1) is 11.0 Å². The highest BCUT2D eigenvalue weighted by molar-refractivity contribution is 9.10. The zero-order valence-electron chi connectivity index (χ0n) is 10.8. The van der Waals surface area contributed by atoms with E-state index in [1.165, 1.54) is 19.9 Å². The van der Waals surface area contributed by atoms with E-state index in [0.717, 1.165) is 10.7 Å². The van der Waals surface area contributed by atoms with Crippen molar-refractivity contribution < 1.29 is 8.78 Å². The Morgan fingerprint density at radius 1 is 1.20 bits per heavy atom. The lowest BCUT2D eigenvalue weighted by Gasteiger charge is -2.10. The molecule has 0 spiro atoms. The van der Waals surface area contributed by atoms with Crippen molar-refractivity contribution >= 4 is 15.9 Å². The van der Waals surface area contributed by atoms with Crippen molar-refractivity contribution in [2.24, 2.45) is 0 Å². The maximum absolute atomic E-state index is 13.9. The van der Waals surface area contributed by atoms with Gasteiger partial charge >= 0.3 is 0 Å². The van der Waals surface area contributed by atoms with Crippen molar-refractivity contribution in [3.05, 3.63) is 65.6 Å². The number of H-pyrrole nitrogens is 1. The normalized spacial score (nSPS) is 10.8. The van der Waals surface area contributed by atoms with Gasteiger partial charge in [-0.2, -0.15) is 0 Å². The van der Waals surface area contributed by atoms with Crippen molar-refractivity contribution in [1.29, 1.82) is 0 Å². The van der Waals surface area contributed by atoms with E-state index in [0.29, 0.717) is 5.56 Å². The molecule has 0 atom stereocenters. The SMILES string of the molecule is Cc1c(C)c(=O)n(Cc2c(F)ccc(Br)c2F)[nH]c1=O. The van der Waals surface area contributed by atoms with Crippen LogP contribution in [0.4, 0.5) is 8.78 Å². The van der Waals surface area contributed by atoms with Crippen LogP contribution in [0.15, 0.2) is 26.2 Å². The van der Waals surface area contributed by atoms with Crippen LogP contribution < -0.4 is 11.1 Å². The van der Waals surface area contributed by atoms with E-state index in [1.54, 1.807) is 0 Å². The Balaban J connectivity index is 2.60. The summed E-state index contributed by atoms with van der Waals surface area (Å²) in [6.07, 6.45) is 0.